The normalized spacial score (nSPS) is 19.1. The van der Waals surface area contributed by atoms with Crippen LogP contribution < -0.4 is 4.74 Å². The van der Waals surface area contributed by atoms with Crippen LogP contribution in [0.4, 0.5) is 4.39 Å². The molecule has 2 aliphatic heterocycles. The molecule has 0 aliphatic carbocycles. The molecule has 154 valence electrons. The number of carbonyl (C=O) groups excluding carboxylic acids is 1. The predicted molar refractivity (Wildman–Crippen MR) is 111 cm³/mol. The van der Waals surface area contributed by atoms with Gasteiger partial charge in [-0.05, 0) is 38.3 Å². The Morgan fingerprint density at radius 1 is 0.966 bits per heavy atom. The average molecular weight is 397 g/mol. The lowest BCUT2D eigenvalue weighted by atomic mass is 9.84. The maximum absolute atomic E-state index is 14.2. The molecule has 29 heavy (non-hydrogen) atoms. The molecular formula is C24H29FN2O2. The Hall–Kier alpha value is -2.40. The summed E-state index contributed by atoms with van der Waals surface area (Å²) in [6.07, 6.45) is 3.32. The van der Waals surface area contributed by atoms with Gasteiger partial charge in [0.15, 0.2) is 0 Å². The molecule has 5 heteroatoms. The van der Waals surface area contributed by atoms with Gasteiger partial charge in [-0.25, -0.2) is 4.39 Å². The lowest BCUT2D eigenvalue weighted by molar-refractivity contribution is -0.133. The van der Waals surface area contributed by atoms with E-state index in [1.54, 1.807) is 12.1 Å². The largest absolute Gasteiger partial charge is 0.494 e. The number of ether oxygens (including phenoxy) is 1. The number of rotatable bonds is 6. The van der Waals surface area contributed by atoms with Crippen LogP contribution in [-0.4, -0.2) is 40.9 Å². The highest BCUT2D eigenvalue weighted by atomic mass is 19.1. The first-order valence-corrected chi connectivity index (χ1v) is 10.6. The van der Waals surface area contributed by atoms with Crippen molar-refractivity contribution >= 4 is 5.91 Å². The number of carbonyl (C=O) groups is 1. The van der Waals surface area contributed by atoms with Crippen LogP contribution in [0, 0.1) is 5.82 Å². The Morgan fingerprint density at radius 3 is 2.38 bits per heavy atom. The summed E-state index contributed by atoms with van der Waals surface area (Å²) in [5, 5.41) is 0. The minimum Gasteiger partial charge on any atom is -0.494 e. The molecule has 2 fully saturated rings. The van der Waals surface area contributed by atoms with E-state index in [1.165, 1.54) is 11.6 Å². The Bertz CT molecular complexity index is 861. The molecule has 0 saturated carbocycles. The number of halogens is 1. The summed E-state index contributed by atoms with van der Waals surface area (Å²) in [6, 6.07) is 15.0. The second-order valence-electron chi connectivity index (χ2n) is 8.11. The van der Waals surface area contributed by atoms with Crippen molar-refractivity contribution in [3.05, 3.63) is 65.5 Å². The van der Waals surface area contributed by atoms with Crippen LogP contribution in [0.3, 0.4) is 0 Å². The smallest absolute Gasteiger partial charge is 0.223 e. The van der Waals surface area contributed by atoms with E-state index < -0.39 is 0 Å². The van der Waals surface area contributed by atoms with E-state index in [9.17, 15) is 9.18 Å². The van der Waals surface area contributed by atoms with E-state index in [4.69, 9.17) is 4.74 Å². The molecular weight excluding hydrogens is 367 g/mol. The Kier molecular flexibility index (Phi) is 5.86. The molecule has 0 N–H and O–H groups in total. The van der Waals surface area contributed by atoms with Crippen molar-refractivity contribution in [1.29, 1.82) is 0 Å². The monoisotopic (exact) mass is 396 g/mol. The highest BCUT2D eigenvalue weighted by Crippen LogP contribution is 2.40. The molecule has 4 rings (SSSR count). The molecule has 0 aromatic heterocycles. The van der Waals surface area contributed by atoms with Gasteiger partial charge in [0.1, 0.15) is 11.6 Å². The van der Waals surface area contributed by atoms with E-state index in [2.05, 4.69) is 17.0 Å². The van der Waals surface area contributed by atoms with Crippen LogP contribution in [-0.2, 0) is 17.9 Å². The van der Waals surface area contributed by atoms with Crippen molar-refractivity contribution in [1.82, 2.24) is 9.80 Å². The van der Waals surface area contributed by atoms with Gasteiger partial charge >= 0.3 is 0 Å². The predicted octanol–water partition coefficient (Wildman–Crippen LogP) is 4.38. The molecule has 2 saturated heterocycles. The number of likely N-dealkylation sites (tertiary alicyclic amines) is 2. The van der Waals surface area contributed by atoms with Gasteiger partial charge in [-0.15, -0.1) is 0 Å². The number of piperidine rings is 1. The number of hydrogen-bond acceptors (Lipinski definition) is 3. The van der Waals surface area contributed by atoms with Crippen LogP contribution in [0.15, 0.2) is 48.5 Å². The molecule has 2 aromatic rings. The average Bonchev–Trinajstić information content (AvgIpc) is 3.03. The Labute approximate surface area is 172 Å². The van der Waals surface area contributed by atoms with Gasteiger partial charge in [0.2, 0.25) is 5.91 Å². The standard InChI is InChI=1S/C24H29FN2O2/c1-2-29-22-10-6-4-8-20(22)17-26-15-13-24(14-16-26)12-11-23(28)27(24)18-19-7-3-5-9-21(19)25/h3-10H,2,11-18H2,1H3. The van der Waals surface area contributed by atoms with Crippen molar-refractivity contribution in [3.8, 4) is 5.75 Å². The van der Waals surface area contributed by atoms with Gasteiger partial charge in [-0.2, -0.15) is 0 Å². The van der Waals surface area contributed by atoms with Crippen molar-refractivity contribution in [2.24, 2.45) is 0 Å². The lowest BCUT2D eigenvalue weighted by Gasteiger charge is -2.45. The van der Waals surface area contributed by atoms with Crippen molar-refractivity contribution in [2.45, 2.75) is 51.2 Å². The van der Waals surface area contributed by atoms with Gasteiger partial charge in [0.25, 0.3) is 0 Å². The van der Waals surface area contributed by atoms with Crippen LogP contribution >= 0.6 is 0 Å². The second-order valence-corrected chi connectivity index (χ2v) is 8.11. The summed E-state index contributed by atoms with van der Waals surface area (Å²) in [4.78, 5) is 17.0. The molecule has 2 aromatic carbocycles. The number of nitrogens with zero attached hydrogens (tertiary/aromatic N) is 2. The van der Waals surface area contributed by atoms with Gasteiger partial charge in [0, 0.05) is 49.3 Å². The molecule has 0 unspecified atom stereocenters. The SMILES string of the molecule is CCOc1ccccc1CN1CCC2(CCC(=O)N2Cc2ccccc2F)CC1. The molecule has 0 radical (unpaired) electrons. The molecule has 1 spiro atoms. The number of benzene rings is 2. The Morgan fingerprint density at radius 2 is 1.66 bits per heavy atom. The van der Waals surface area contributed by atoms with Gasteiger partial charge in [-0.3, -0.25) is 9.69 Å². The van der Waals surface area contributed by atoms with E-state index in [0.717, 1.165) is 44.6 Å². The van der Waals surface area contributed by atoms with E-state index in [0.29, 0.717) is 25.1 Å². The van der Waals surface area contributed by atoms with Crippen molar-refractivity contribution in [3.63, 3.8) is 0 Å². The minimum atomic E-state index is -0.229. The molecule has 1 amide bonds. The summed E-state index contributed by atoms with van der Waals surface area (Å²) in [7, 11) is 0. The summed E-state index contributed by atoms with van der Waals surface area (Å²) < 4.78 is 19.9. The second kappa shape index (κ2) is 8.54. The zero-order valence-electron chi connectivity index (χ0n) is 17.1. The number of para-hydroxylation sites is 1. The maximum atomic E-state index is 14.2. The first kappa shape index (κ1) is 19.9. The zero-order valence-corrected chi connectivity index (χ0v) is 17.1. The third kappa shape index (κ3) is 4.15. The van der Waals surface area contributed by atoms with Gasteiger partial charge in [0.05, 0.1) is 6.61 Å². The van der Waals surface area contributed by atoms with Gasteiger partial charge in [-0.1, -0.05) is 36.4 Å². The quantitative estimate of drug-likeness (QED) is 0.726. The highest BCUT2D eigenvalue weighted by molar-refractivity contribution is 5.79. The number of hydrogen-bond donors (Lipinski definition) is 0. The minimum absolute atomic E-state index is 0.130. The Balaban J connectivity index is 1.43. The first-order chi connectivity index (χ1) is 14.1. The third-order valence-corrected chi connectivity index (χ3v) is 6.42. The van der Waals surface area contributed by atoms with Crippen LogP contribution in [0.5, 0.6) is 5.75 Å². The summed E-state index contributed by atoms with van der Waals surface area (Å²) >= 11 is 0. The summed E-state index contributed by atoms with van der Waals surface area (Å²) in [5.41, 5.74) is 1.68. The van der Waals surface area contributed by atoms with Crippen LogP contribution in [0.1, 0.15) is 43.7 Å². The molecule has 0 atom stereocenters. The third-order valence-electron chi connectivity index (χ3n) is 6.42. The molecule has 2 heterocycles. The van der Waals surface area contributed by atoms with Crippen molar-refractivity contribution in [2.75, 3.05) is 19.7 Å². The summed E-state index contributed by atoms with van der Waals surface area (Å²) in [5.74, 6) is 0.878. The molecule has 4 nitrogen and oxygen atoms in total. The summed E-state index contributed by atoms with van der Waals surface area (Å²) in [6.45, 7) is 5.76. The van der Waals surface area contributed by atoms with Crippen LogP contribution in [0.25, 0.3) is 0 Å². The number of amides is 1. The van der Waals surface area contributed by atoms with E-state index >= 15 is 0 Å². The van der Waals surface area contributed by atoms with Crippen LogP contribution in [0.2, 0.25) is 0 Å². The topological polar surface area (TPSA) is 32.8 Å². The lowest BCUT2D eigenvalue weighted by Crippen LogP contribution is -2.52. The highest BCUT2D eigenvalue weighted by Gasteiger charge is 2.46. The van der Waals surface area contributed by atoms with E-state index in [1.807, 2.05) is 30.0 Å². The fraction of sp³-hybridized carbons (Fsp3) is 0.458. The van der Waals surface area contributed by atoms with E-state index in [-0.39, 0.29) is 17.3 Å². The van der Waals surface area contributed by atoms with Crippen molar-refractivity contribution < 1.29 is 13.9 Å². The molecule has 0 bridgehead atoms. The fourth-order valence-electron chi connectivity index (χ4n) is 4.75. The molecule has 2 aliphatic rings. The zero-order chi connectivity index (χ0) is 20.3. The first-order valence-electron chi connectivity index (χ1n) is 10.6. The maximum Gasteiger partial charge on any atom is 0.223 e. The van der Waals surface area contributed by atoms with Gasteiger partial charge < -0.3 is 9.64 Å². The fourth-order valence-corrected chi connectivity index (χ4v) is 4.75.